The molecule has 9 nitrogen and oxygen atoms in total. The summed E-state index contributed by atoms with van der Waals surface area (Å²) in [6.07, 6.45) is 1.04. The summed E-state index contributed by atoms with van der Waals surface area (Å²) in [4.78, 5) is 44.7. The van der Waals surface area contributed by atoms with E-state index in [1.165, 1.54) is 6.20 Å². The number of anilines is 1. The highest BCUT2D eigenvalue weighted by Gasteiger charge is 2.31. The van der Waals surface area contributed by atoms with Gasteiger partial charge in [-0.15, -0.1) is 0 Å². The first-order valence-corrected chi connectivity index (χ1v) is 12.2. The zero-order chi connectivity index (χ0) is 26.6. The number of nitrogens with zero attached hydrogens (tertiary/aromatic N) is 2. The summed E-state index contributed by atoms with van der Waals surface area (Å²) in [7, 11) is 0. The predicted molar refractivity (Wildman–Crippen MR) is 141 cm³/mol. The van der Waals surface area contributed by atoms with Crippen molar-refractivity contribution in [2.24, 2.45) is 0 Å². The Morgan fingerprint density at radius 2 is 1.81 bits per heavy atom. The second-order valence-electron chi connectivity index (χ2n) is 9.94. The molecule has 1 saturated heterocycles. The Bertz CT molecular complexity index is 1320. The van der Waals surface area contributed by atoms with E-state index in [1.54, 1.807) is 43.9 Å². The molecule has 0 saturated carbocycles. The third-order valence-electron chi connectivity index (χ3n) is 6.01. The molecule has 0 spiro atoms. The number of fused-ring (bicyclic) bond motifs is 1. The fourth-order valence-corrected chi connectivity index (χ4v) is 4.20. The lowest BCUT2D eigenvalue weighted by Crippen LogP contribution is -2.54. The van der Waals surface area contributed by atoms with Gasteiger partial charge in [-0.25, -0.2) is 9.78 Å². The van der Waals surface area contributed by atoms with Crippen LogP contribution < -0.4 is 10.6 Å². The molecule has 2 aromatic carbocycles. The number of morpholine rings is 1. The topological polar surface area (TPSA) is 110 Å². The molecule has 2 N–H and O–H groups in total. The minimum Gasteiger partial charge on any atom is -0.444 e. The first kappa shape index (κ1) is 26.1. The Kier molecular flexibility index (Phi) is 7.73. The van der Waals surface area contributed by atoms with Crippen molar-refractivity contribution in [3.63, 3.8) is 0 Å². The van der Waals surface area contributed by atoms with Crippen LogP contribution in [-0.2, 0) is 9.47 Å². The average molecular weight is 505 g/mol. The average Bonchev–Trinajstić information content (AvgIpc) is 2.87. The van der Waals surface area contributed by atoms with Crippen LogP contribution in [0.5, 0.6) is 0 Å². The van der Waals surface area contributed by atoms with Crippen molar-refractivity contribution >= 4 is 34.4 Å². The zero-order valence-electron chi connectivity index (χ0n) is 21.5. The van der Waals surface area contributed by atoms with Gasteiger partial charge in [0.25, 0.3) is 11.8 Å². The number of benzene rings is 2. The number of ether oxygens (including phenoxy) is 2. The number of rotatable bonds is 5. The third-order valence-corrected chi connectivity index (χ3v) is 6.01. The molecule has 4 rings (SSSR count). The molecule has 2 heterocycles. The molecular weight excluding hydrogens is 472 g/mol. The van der Waals surface area contributed by atoms with Crippen LogP contribution in [0.1, 0.15) is 47.2 Å². The van der Waals surface area contributed by atoms with Crippen LogP contribution in [0.3, 0.4) is 0 Å². The van der Waals surface area contributed by atoms with E-state index in [1.807, 2.05) is 37.3 Å². The summed E-state index contributed by atoms with van der Waals surface area (Å²) in [5.41, 5.74) is 1.31. The molecule has 1 aliphatic rings. The molecule has 1 aromatic heterocycles. The van der Waals surface area contributed by atoms with E-state index >= 15 is 0 Å². The Hall–Kier alpha value is -3.98. The van der Waals surface area contributed by atoms with Crippen LogP contribution in [-0.4, -0.2) is 65.7 Å². The first-order chi connectivity index (χ1) is 17.6. The summed E-state index contributed by atoms with van der Waals surface area (Å²) in [5.74, 6) is -0.811. The molecule has 3 amide bonds. The largest absolute Gasteiger partial charge is 0.444 e. The summed E-state index contributed by atoms with van der Waals surface area (Å²) in [6.45, 7) is 8.58. The highest BCUT2D eigenvalue weighted by Crippen LogP contribution is 2.24. The van der Waals surface area contributed by atoms with Crippen LogP contribution >= 0.6 is 0 Å². The van der Waals surface area contributed by atoms with Gasteiger partial charge in [0.2, 0.25) is 0 Å². The lowest BCUT2D eigenvalue weighted by molar-refractivity contribution is -0.0314. The van der Waals surface area contributed by atoms with E-state index in [9.17, 15) is 14.4 Å². The molecule has 9 heteroatoms. The molecule has 0 aliphatic carbocycles. The first-order valence-electron chi connectivity index (χ1n) is 12.2. The number of hydrogen-bond donors (Lipinski definition) is 2. The maximum atomic E-state index is 13.2. The van der Waals surface area contributed by atoms with E-state index in [2.05, 4.69) is 15.6 Å². The second kappa shape index (κ2) is 11.0. The van der Waals surface area contributed by atoms with Gasteiger partial charge in [-0.05, 0) is 62.2 Å². The number of pyridine rings is 1. The van der Waals surface area contributed by atoms with Gasteiger partial charge < -0.3 is 20.1 Å². The van der Waals surface area contributed by atoms with E-state index in [0.29, 0.717) is 24.4 Å². The van der Waals surface area contributed by atoms with Crippen LogP contribution in [0.2, 0.25) is 0 Å². The molecule has 1 unspecified atom stereocenters. The van der Waals surface area contributed by atoms with Crippen LogP contribution in [0.15, 0.2) is 54.7 Å². The Labute approximate surface area is 216 Å². The standard InChI is InChI=1S/C28H32N4O5/c1-18-11-12-22(21-9-6-5-8-20(18)21)25(33)31-23-10-7-13-29-24(23)26(34)30-16-19-17-36-15-14-32(19)27(35)37-28(2,3)4/h5-13,19H,14-17H2,1-4H3,(H,30,34)(H,31,33). The Morgan fingerprint density at radius 3 is 2.57 bits per heavy atom. The van der Waals surface area contributed by atoms with Crippen molar-refractivity contribution < 1.29 is 23.9 Å². The van der Waals surface area contributed by atoms with Gasteiger partial charge in [0.05, 0.1) is 24.9 Å². The Morgan fingerprint density at radius 1 is 1.05 bits per heavy atom. The number of aryl methyl sites for hydroxylation is 1. The van der Waals surface area contributed by atoms with Gasteiger partial charge in [-0.3, -0.25) is 14.5 Å². The van der Waals surface area contributed by atoms with Crippen LogP contribution in [0.4, 0.5) is 10.5 Å². The van der Waals surface area contributed by atoms with E-state index in [4.69, 9.17) is 9.47 Å². The quantitative estimate of drug-likeness (QED) is 0.540. The highest BCUT2D eigenvalue weighted by atomic mass is 16.6. The molecule has 0 radical (unpaired) electrons. The van der Waals surface area contributed by atoms with Gasteiger partial charge in [0, 0.05) is 24.8 Å². The van der Waals surface area contributed by atoms with E-state index < -0.39 is 23.6 Å². The minimum atomic E-state index is -0.632. The highest BCUT2D eigenvalue weighted by molar-refractivity contribution is 6.15. The molecule has 37 heavy (non-hydrogen) atoms. The van der Waals surface area contributed by atoms with Crippen LogP contribution in [0, 0.1) is 6.92 Å². The minimum absolute atomic E-state index is 0.0767. The molecule has 1 aliphatic heterocycles. The lowest BCUT2D eigenvalue weighted by Gasteiger charge is -2.36. The number of aromatic nitrogens is 1. The number of hydrogen-bond acceptors (Lipinski definition) is 6. The van der Waals surface area contributed by atoms with Crippen molar-refractivity contribution in [2.45, 2.75) is 39.3 Å². The normalized spacial score (nSPS) is 15.8. The second-order valence-corrected chi connectivity index (χ2v) is 9.94. The van der Waals surface area contributed by atoms with Crippen molar-refractivity contribution in [3.8, 4) is 0 Å². The third kappa shape index (κ3) is 6.24. The van der Waals surface area contributed by atoms with Crippen LogP contribution in [0.25, 0.3) is 10.8 Å². The molecule has 0 bridgehead atoms. The molecule has 194 valence electrons. The summed E-state index contributed by atoms with van der Waals surface area (Å²) in [5, 5.41) is 7.48. The number of carbonyl (C=O) groups excluding carboxylic acids is 3. The molecule has 1 fully saturated rings. The fraction of sp³-hybridized carbons (Fsp3) is 0.357. The zero-order valence-corrected chi connectivity index (χ0v) is 21.5. The lowest BCUT2D eigenvalue weighted by atomic mass is 10.00. The molecular formula is C28H32N4O5. The van der Waals surface area contributed by atoms with Gasteiger partial charge in [0.1, 0.15) is 5.60 Å². The van der Waals surface area contributed by atoms with E-state index in [-0.39, 0.29) is 24.8 Å². The fourth-order valence-electron chi connectivity index (χ4n) is 4.20. The van der Waals surface area contributed by atoms with Crippen molar-refractivity contribution in [1.29, 1.82) is 0 Å². The van der Waals surface area contributed by atoms with Crippen molar-refractivity contribution in [1.82, 2.24) is 15.2 Å². The number of nitrogens with one attached hydrogen (secondary N) is 2. The smallest absolute Gasteiger partial charge is 0.410 e. The molecule has 3 aromatic rings. The summed E-state index contributed by atoms with van der Waals surface area (Å²) in [6, 6.07) is 14.3. The van der Waals surface area contributed by atoms with Gasteiger partial charge >= 0.3 is 6.09 Å². The predicted octanol–water partition coefficient (Wildman–Crippen LogP) is 4.16. The number of amides is 3. The monoisotopic (exact) mass is 504 g/mol. The SMILES string of the molecule is Cc1ccc(C(=O)Nc2cccnc2C(=O)NCC2COCCN2C(=O)OC(C)(C)C)c2ccccc12. The van der Waals surface area contributed by atoms with Gasteiger partial charge in [0.15, 0.2) is 5.69 Å². The van der Waals surface area contributed by atoms with Gasteiger partial charge in [-0.2, -0.15) is 0 Å². The maximum absolute atomic E-state index is 13.2. The Balaban J connectivity index is 1.47. The molecule has 1 atom stereocenters. The van der Waals surface area contributed by atoms with Gasteiger partial charge in [-0.1, -0.05) is 30.3 Å². The van der Waals surface area contributed by atoms with Crippen molar-refractivity contribution in [2.75, 3.05) is 31.6 Å². The number of carbonyl (C=O) groups is 3. The van der Waals surface area contributed by atoms with E-state index in [0.717, 1.165) is 16.3 Å². The summed E-state index contributed by atoms with van der Waals surface area (Å²) < 4.78 is 11.0. The van der Waals surface area contributed by atoms with Crippen molar-refractivity contribution in [3.05, 3.63) is 71.5 Å². The summed E-state index contributed by atoms with van der Waals surface area (Å²) >= 11 is 0. The maximum Gasteiger partial charge on any atom is 0.410 e.